The maximum Gasteiger partial charge on any atom is 0.355 e. The second-order valence-corrected chi connectivity index (χ2v) is 6.78. The average Bonchev–Trinajstić information content (AvgIpc) is 3.53. The van der Waals surface area contributed by atoms with Gasteiger partial charge in [-0.2, -0.15) is 0 Å². The van der Waals surface area contributed by atoms with Crippen molar-refractivity contribution in [1.82, 2.24) is 4.90 Å². The van der Waals surface area contributed by atoms with E-state index in [2.05, 4.69) is 0 Å². The Kier molecular flexibility index (Phi) is 4.50. The van der Waals surface area contributed by atoms with E-state index in [1.54, 1.807) is 35.4 Å². The fourth-order valence-corrected chi connectivity index (χ4v) is 3.60. The van der Waals surface area contributed by atoms with Crippen LogP contribution in [0.5, 0.6) is 0 Å². The van der Waals surface area contributed by atoms with Crippen molar-refractivity contribution in [2.24, 2.45) is 0 Å². The highest BCUT2D eigenvalue weighted by molar-refractivity contribution is 6.06. The summed E-state index contributed by atoms with van der Waals surface area (Å²) < 4.78 is 9.79. The van der Waals surface area contributed by atoms with Crippen LogP contribution in [0.15, 0.2) is 53.9 Å². The summed E-state index contributed by atoms with van der Waals surface area (Å²) in [6.07, 6.45) is 8.59. The van der Waals surface area contributed by atoms with E-state index in [0.717, 1.165) is 18.4 Å². The number of fused-ring (bicyclic) bond motifs is 1. The minimum absolute atomic E-state index is 0.00747. The second kappa shape index (κ2) is 6.99. The summed E-state index contributed by atoms with van der Waals surface area (Å²) in [5, 5.41) is 0. The average molecular weight is 380 g/mol. The molecule has 0 aromatic heterocycles. The molecule has 7 heteroatoms. The zero-order chi connectivity index (χ0) is 19.8. The van der Waals surface area contributed by atoms with Gasteiger partial charge in [-0.15, -0.1) is 0 Å². The monoisotopic (exact) mass is 380 g/mol. The minimum Gasteiger partial charge on any atom is -0.465 e. The molecule has 1 fully saturated rings. The molecular weight excluding hydrogens is 360 g/mol. The van der Waals surface area contributed by atoms with Crippen LogP contribution in [-0.2, 0) is 25.6 Å². The van der Waals surface area contributed by atoms with Crippen LogP contribution >= 0.6 is 0 Å². The highest BCUT2D eigenvalue weighted by Crippen LogP contribution is 2.40. The molecule has 0 saturated heterocycles. The van der Waals surface area contributed by atoms with Crippen molar-refractivity contribution in [2.75, 3.05) is 19.1 Å². The fraction of sp³-hybridized carbons (Fsp3) is 0.286. The Hall–Kier alpha value is -3.35. The fourth-order valence-electron chi connectivity index (χ4n) is 3.60. The van der Waals surface area contributed by atoms with Crippen LogP contribution in [0.25, 0.3) is 0 Å². The number of ether oxygens (including phenoxy) is 2. The highest BCUT2D eigenvalue weighted by atomic mass is 16.5. The lowest BCUT2D eigenvalue weighted by atomic mass is 10.1. The molecule has 144 valence electrons. The van der Waals surface area contributed by atoms with Gasteiger partial charge in [0.05, 0.1) is 25.5 Å². The Morgan fingerprint density at radius 1 is 1.07 bits per heavy atom. The second-order valence-electron chi connectivity index (χ2n) is 6.78. The molecule has 0 spiro atoms. The van der Waals surface area contributed by atoms with Crippen LogP contribution in [0.1, 0.15) is 28.8 Å². The van der Waals surface area contributed by atoms with E-state index < -0.39 is 11.9 Å². The number of hydrogen-bond donors (Lipinski definition) is 0. The summed E-state index contributed by atoms with van der Waals surface area (Å²) in [6, 6.07) is 5.69. The van der Waals surface area contributed by atoms with Crippen molar-refractivity contribution in [2.45, 2.75) is 25.4 Å². The van der Waals surface area contributed by atoms with Crippen LogP contribution < -0.4 is 4.90 Å². The molecular formula is C21H20N2O5. The Bertz CT molecular complexity index is 956. The molecule has 28 heavy (non-hydrogen) atoms. The van der Waals surface area contributed by atoms with Gasteiger partial charge in [0, 0.05) is 29.9 Å². The van der Waals surface area contributed by atoms with E-state index in [4.69, 9.17) is 9.47 Å². The van der Waals surface area contributed by atoms with Crippen LogP contribution in [0.2, 0.25) is 0 Å². The summed E-state index contributed by atoms with van der Waals surface area (Å²) in [4.78, 5) is 41.2. The predicted molar refractivity (Wildman–Crippen MR) is 101 cm³/mol. The van der Waals surface area contributed by atoms with Crippen molar-refractivity contribution in [3.8, 4) is 0 Å². The molecule has 2 heterocycles. The third-order valence-electron chi connectivity index (χ3n) is 5.11. The Labute approximate surface area is 162 Å². The molecule has 0 N–H and O–H groups in total. The van der Waals surface area contributed by atoms with E-state index in [9.17, 15) is 14.4 Å². The maximum atomic E-state index is 12.8. The molecule has 2 aliphatic heterocycles. The smallest absolute Gasteiger partial charge is 0.355 e. The zero-order valence-corrected chi connectivity index (χ0v) is 15.7. The third kappa shape index (κ3) is 2.89. The van der Waals surface area contributed by atoms with Crippen molar-refractivity contribution in [3.05, 3.63) is 65.0 Å². The molecule has 3 aliphatic rings. The molecule has 0 bridgehead atoms. The van der Waals surface area contributed by atoms with Crippen molar-refractivity contribution in [1.29, 1.82) is 0 Å². The predicted octanol–water partition coefficient (Wildman–Crippen LogP) is 2.29. The van der Waals surface area contributed by atoms with E-state index in [0.29, 0.717) is 17.8 Å². The quantitative estimate of drug-likeness (QED) is 0.746. The molecule has 0 radical (unpaired) electrons. The van der Waals surface area contributed by atoms with E-state index >= 15 is 0 Å². The van der Waals surface area contributed by atoms with Crippen LogP contribution in [0, 0.1) is 0 Å². The lowest BCUT2D eigenvalue weighted by molar-refractivity contribution is -0.139. The van der Waals surface area contributed by atoms with Crippen LogP contribution in [0.4, 0.5) is 5.69 Å². The molecule has 1 aromatic carbocycles. The highest BCUT2D eigenvalue weighted by Gasteiger charge is 2.40. The number of rotatable bonds is 4. The number of carbonyl (C=O) groups excluding carboxylic acids is 3. The first kappa shape index (κ1) is 18.0. The van der Waals surface area contributed by atoms with Gasteiger partial charge in [0.2, 0.25) is 0 Å². The summed E-state index contributed by atoms with van der Waals surface area (Å²) in [6.45, 7) is 0.481. The molecule has 4 rings (SSSR count). The normalized spacial score (nSPS) is 18.3. The Balaban J connectivity index is 1.85. The first-order valence-corrected chi connectivity index (χ1v) is 9.04. The van der Waals surface area contributed by atoms with Gasteiger partial charge in [-0.3, -0.25) is 4.79 Å². The van der Waals surface area contributed by atoms with Crippen molar-refractivity contribution in [3.63, 3.8) is 0 Å². The lowest BCUT2D eigenvalue weighted by Gasteiger charge is -2.25. The molecule has 7 nitrogen and oxygen atoms in total. The number of nitrogens with zero attached hydrogens (tertiary/aromatic N) is 2. The van der Waals surface area contributed by atoms with E-state index in [1.807, 2.05) is 11.0 Å². The van der Waals surface area contributed by atoms with Gasteiger partial charge >= 0.3 is 11.9 Å². The SMILES string of the molecule is COC(=O)C1=C(C(=O)OC)N(c2cccc3c2CN(C2CC2)C3=O)C=CC=C1. The number of methoxy groups -OCH3 is 2. The van der Waals surface area contributed by atoms with E-state index in [1.165, 1.54) is 20.3 Å². The minimum atomic E-state index is -0.669. The van der Waals surface area contributed by atoms with Crippen LogP contribution in [0.3, 0.4) is 0 Å². The standard InChI is InChI=1S/C21H20N2O5/c1-27-20(25)15-6-3-4-11-22(18(15)21(26)28-2)17-8-5-7-14-16(17)12-23(19(14)24)13-9-10-13/h3-8,11,13H,9-10,12H2,1-2H3. The maximum absolute atomic E-state index is 12.8. The van der Waals surface area contributed by atoms with Gasteiger partial charge in [0.25, 0.3) is 5.91 Å². The largest absolute Gasteiger partial charge is 0.465 e. The molecule has 1 aliphatic carbocycles. The number of anilines is 1. The van der Waals surface area contributed by atoms with Crippen molar-refractivity contribution < 1.29 is 23.9 Å². The topological polar surface area (TPSA) is 76.2 Å². The number of allylic oxidation sites excluding steroid dienone is 2. The van der Waals surface area contributed by atoms with Gasteiger partial charge < -0.3 is 19.3 Å². The molecule has 0 atom stereocenters. The lowest BCUT2D eigenvalue weighted by Crippen LogP contribution is -2.28. The first-order chi connectivity index (χ1) is 13.6. The molecule has 0 unspecified atom stereocenters. The zero-order valence-electron chi connectivity index (χ0n) is 15.7. The van der Waals surface area contributed by atoms with Gasteiger partial charge in [-0.05, 0) is 37.1 Å². The summed E-state index contributed by atoms with van der Waals surface area (Å²) >= 11 is 0. The Morgan fingerprint density at radius 3 is 2.50 bits per heavy atom. The first-order valence-electron chi connectivity index (χ1n) is 9.04. The third-order valence-corrected chi connectivity index (χ3v) is 5.11. The van der Waals surface area contributed by atoms with Gasteiger partial charge in [0.1, 0.15) is 5.70 Å². The summed E-state index contributed by atoms with van der Waals surface area (Å²) in [5.41, 5.74) is 2.25. The number of carbonyl (C=O) groups is 3. The van der Waals surface area contributed by atoms with Gasteiger partial charge in [0.15, 0.2) is 0 Å². The number of esters is 2. The summed E-state index contributed by atoms with van der Waals surface area (Å²) in [7, 11) is 2.52. The number of benzene rings is 1. The number of hydrogen-bond acceptors (Lipinski definition) is 6. The van der Waals surface area contributed by atoms with Gasteiger partial charge in [-0.25, -0.2) is 9.59 Å². The Morgan fingerprint density at radius 2 is 1.82 bits per heavy atom. The molecule has 1 amide bonds. The number of amides is 1. The van der Waals surface area contributed by atoms with Crippen molar-refractivity contribution >= 4 is 23.5 Å². The van der Waals surface area contributed by atoms with E-state index in [-0.39, 0.29) is 23.2 Å². The van der Waals surface area contributed by atoms with Gasteiger partial charge in [-0.1, -0.05) is 12.1 Å². The molecule has 1 aromatic rings. The summed E-state index contributed by atoms with van der Waals surface area (Å²) in [5.74, 6) is -1.31. The van der Waals surface area contributed by atoms with Crippen LogP contribution in [-0.4, -0.2) is 43.0 Å². The molecule has 1 saturated carbocycles.